The van der Waals surface area contributed by atoms with E-state index in [4.69, 9.17) is 17.0 Å². The summed E-state index contributed by atoms with van der Waals surface area (Å²) in [6, 6.07) is 12.0. The molecular weight excluding hydrogens is 336 g/mol. The summed E-state index contributed by atoms with van der Waals surface area (Å²) in [5.41, 5.74) is 4.23. The first-order chi connectivity index (χ1) is 9.61. The number of halogens is 1. The number of imidazole rings is 1. The van der Waals surface area contributed by atoms with Crippen LogP contribution in [0, 0.1) is 11.7 Å². The fourth-order valence-electron chi connectivity index (χ4n) is 2.30. The monoisotopic (exact) mass is 348 g/mol. The Bertz CT molecular complexity index is 851. The van der Waals surface area contributed by atoms with Crippen LogP contribution in [0.25, 0.3) is 16.7 Å². The maximum absolute atomic E-state index is 5.47. The molecule has 0 atom stereocenters. The van der Waals surface area contributed by atoms with E-state index in [9.17, 15) is 0 Å². The minimum atomic E-state index is 0.675. The van der Waals surface area contributed by atoms with E-state index in [1.807, 2.05) is 34.9 Å². The van der Waals surface area contributed by atoms with Crippen molar-refractivity contribution in [2.24, 2.45) is 0 Å². The molecule has 2 aromatic carbocycles. The second-order valence-electron chi connectivity index (χ2n) is 4.53. The molecule has 1 heterocycles. The van der Waals surface area contributed by atoms with Gasteiger partial charge in [-0.25, -0.2) is 0 Å². The maximum atomic E-state index is 5.47. The van der Waals surface area contributed by atoms with Gasteiger partial charge in [0.1, 0.15) is 5.75 Å². The quantitative estimate of drug-likeness (QED) is 0.676. The standard InChI is InChI=1S/C15H13BrN2OS/c1-9-11(16)4-3-5-13(9)18-14-7-6-10(19-2)8-12(14)17-15(18)20/h3-8H,1-2H3,(H,17,20). The largest absolute Gasteiger partial charge is 0.497 e. The van der Waals surface area contributed by atoms with Gasteiger partial charge in [-0.1, -0.05) is 22.0 Å². The van der Waals surface area contributed by atoms with E-state index < -0.39 is 0 Å². The Morgan fingerprint density at radius 1 is 1.25 bits per heavy atom. The number of rotatable bonds is 2. The molecule has 20 heavy (non-hydrogen) atoms. The van der Waals surface area contributed by atoms with Gasteiger partial charge in [0, 0.05) is 10.5 Å². The van der Waals surface area contributed by atoms with E-state index in [0.29, 0.717) is 4.77 Å². The van der Waals surface area contributed by atoms with Gasteiger partial charge >= 0.3 is 0 Å². The molecule has 0 fully saturated rings. The van der Waals surface area contributed by atoms with Gasteiger partial charge in [0.25, 0.3) is 0 Å². The molecule has 1 N–H and O–H groups in total. The van der Waals surface area contributed by atoms with Crippen LogP contribution in [-0.2, 0) is 0 Å². The molecule has 3 rings (SSSR count). The lowest BCUT2D eigenvalue weighted by Crippen LogP contribution is -1.97. The number of aromatic amines is 1. The maximum Gasteiger partial charge on any atom is 0.182 e. The van der Waals surface area contributed by atoms with Crippen molar-refractivity contribution in [3.8, 4) is 11.4 Å². The molecule has 0 saturated heterocycles. The van der Waals surface area contributed by atoms with Crippen LogP contribution in [0.2, 0.25) is 0 Å². The minimum absolute atomic E-state index is 0.675. The van der Waals surface area contributed by atoms with Crippen molar-refractivity contribution in [3.63, 3.8) is 0 Å². The first-order valence-electron chi connectivity index (χ1n) is 6.16. The van der Waals surface area contributed by atoms with Gasteiger partial charge in [0.15, 0.2) is 4.77 Å². The molecule has 3 aromatic rings. The van der Waals surface area contributed by atoms with Gasteiger partial charge in [-0.2, -0.15) is 0 Å². The van der Waals surface area contributed by atoms with Crippen molar-refractivity contribution in [1.82, 2.24) is 9.55 Å². The molecule has 0 aliphatic heterocycles. The number of methoxy groups -OCH3 is 1. The predicted molar refractivity (Wildman–Crippen MR) is 87.4 cm³/mol. The lowest BCUT2D eigenvalue weighted by Gasteiger charge is -2.10. The average Bonchev–Trinajstić information content (AvgIpc) is 2.77. The van der Waals surface area contributed by atoms with Gasteiger partial charge < -0.3 is 9.72 Å². The molecule has 3 nitrogen and oxygen atoms in total. The third kappa shape index (κ3) is 2.07. The van der Waals surface area contributed by atoms with Crippen LogP contribution in [0.15, 0.2) is 40.9 Å². The molecule has 0 aliphatic rings. The number of ether oxygens (including phenoxy) is 1. The fourth-order valence-corrected chi connectivity index (χ4v) is 2.96. The highest BCUT2D eigenvalue weighted by atomic mass is 79.9. The van der Waals surface area contributed by atoms with Crippen molar-refractivity contribution in [1.29, 1.82) is 0 Å². The number of H-pyrrole nitrogens is 1. The number of hydrogen-bond acceptors (Lipinski definition) is 2. The predicted octanol–water partition coefficient (Wildman–Crippen LogP) is 4.77. The van der Waals surface area contributed by atoms with Crippen LogP contribution in [-0.4, -0.2) is 16.7 Å². The van der Waals surface area contributed by atoms with Crippen molar-refractivity contribution in [2.45, 2.75) is 6.92 Å². The molecule has 0 amide bonds. The Morgan fingerprint density at radius 3 is 2.80 bits per heavy atom. The highest BCUT2D eigenvalue weighted by Crippen LogP contribution is 2.28. The average molecular weight is 349 g/mol. The third-order valence-electron chi connectivity index (χ3n) is 3.37. The van der Waals surface area contributed by atoms with Crippen LogP contribution in [0.4, 0.5) is 0 Å². The van der Waals surface area contributed by atoms with Gasteiger partial charge in [0.2, 0.25) is 0 Å². The van der Waals surface area contributed by atoms with Crippen LogP contribution in [0.3, 0.4) is 0 Å². The lowest BCUT2D eigenvalue weighted by molar-refractivity contribution is 0.415. The van der Waals surface area contributed by atoms with E-state index in [1.54, 1.807) is 7.11 Å². The van der Waals surface area contributed by atoms with Crippen molar-refractivity contribution in [2.75, 3.05) is 7.11 Å². The zero-order chi connectivity index (χ0) is 14.3. The Labute approximate surface area is 130 Å². The first-order valence-corrected chi connectivity index (χ1v) is 7.36. The van der Waals surface area contributed by atoms with Crippen LogP contribution in [0.5, 0.6) is 5.75 Å². The molecule has 1 aromatic heterocycles. The molecule has 0 unspecified atom stereocenters. The van der Waals surface area contributed by atoms with Gasteiger partial charge in [-0.15, -0.1) is 0 Å². The molecule has 5 heteroatoms. The molecular formula is C15H13BrN2OS. The number of nitrogens with one attached hydrogen (secondary N) is 1. The normalized spacial score (nSPS) is 10.9. The molecule has 0 spiro atoms. The van der Waals surface area contributed by atoms with Crippen LogP contribution in [0.1, 0.15) is 5.56 Å². The highest BCUT2D eigenvalue weighted by Gasteiger charge is 2.10. The van der Waals surface area contributed by atoms with E-state index in [0.717, 1.165) is 32.5 Å². The first kappa shape index (κ1) is 13.4. The molecule has 0 saturated carbocycles. The van der Waals surface area contributed by atoms with E-state index in [1.165, 1.54) is 0 Å². The number of fused-ring (bicyclic) bond motifs is 1. The second-order valence-corrected chi connectivity index (χ2v) is 5.77. The zero-order valence-corrected chi connectivity index (χ0v) is 13.5. The van der Waals surface area contributed by atoms with E-state index in [2.05, 4.69) is 33.9 Å². The fraction of sp³-hybridized carbons (Fsp3) is 0.133. The number of benzene rings is 2. The number of aromatic nitrogens is 2. The Morgan fingerprint density at radius 2 is 2.05 bits per heavy atom. The summed E-state index contributed by atoms with van der Waals surface area (Å²) in [6.07, 6.45) is 0. The Balaban J connectivity index is 2.34. The van der Waals surface area contributed by atoms with Crippen LogP contribution < -0.4 is 4.74 Å². The lowest BCUT2D eigenvalue weighted by atomic mass is 10.2. The summed E-state index contributed by atoms with van der Waals surface area (Å²) in [6.45, 7) is 2.07. The number of nitrogens with zero attached hydrogens (tertiary/aromatic N) is 1. The van der Waals surface area contributed by atoms with E-state index >= 15 is 0 Å². The second kappa shape index (κ2) is 5.07. The summed E-state index contributed by atoms with van der Waals surface area (Å²) in [7, 11) is 1.66. The molecule has 102 valence electrons. The Kier molecular flexibility index (Phi) is 3.40. The van der Waals surface area contributed by atoms with Crippen molar-refractivity contribution >= 4 is 39.2 Å². The summed E-state index contributed by atoms with van der Waals surface area (Å²) < 4.78 is 9.04. The SMILES string of the molecule is COc1ccc2c(c1)[nH]c(=S)n2-c1cccc(Br)c1C. The highest BCUT2D eigenvalue weighted by molar-refractivity contribution is 9.10. The van der Waals surface area contributed by atoms with Crippen molar-refractivity contribution < 1.29 is 4.74 Å². The summed E-state index contributed by atoms with van der Waals surface area (Å²) >= 11 is 9.03. The summed E-state index contributed by atoms with van der Waals surface area (Å²) in [4.78, 5) is 3.23. The van der Waals surface area contributed by atoms with Gasteiger partial charge in [0.05, 0.1) is 23.8 Å². The smallest absolute Gasteiger partial charge is 0.182 e. The molecule has 0 bridgehead atoms. The minimum Gasteiger partial charge on any atom is -0.497 e. The van der Waals surface area contributed by atoms with Crippen LogP contribution >= 0.6 is 28.1 Å². The molecule has 0 radical (unpaired) electrons. The van der Waals surface area contributed by atoms with Gasteiger partial charge in [-0.3, -0.25) is 4.57 Å². The third-order valence-corrected chi connectivity index (χ3v) is 4.51. The summed E-state index contributed by atoms with van der Waals surface area (Å²) in [5, 5.41) is 0. The Hall–Kier alpha value is -1.59. The van der Waals surface area contributed by atoms with Crippen molar-refractivity contribution in [3.05, 3.63) is 51.2 Å². The summed E-state index contributed by atoms with van der Waals surface area (Å²) in [5.74, 6) is 0.812. The topological polar surface area (TPSA) is 29.9 Å². The van der Waals surface area contributed by atoms with Gasteiger partial charge in [-0.05, 0) is 49.0 Å². The number of hydrogen-bond donors (Lipinski definition) is 1. The zero-order valence-electron chi connectivity index (χ0n) is 11.1. The molecule has 0 aliphatic carbocycles. The van der Waals surface area contributed by atoms with E-state index in [-0.39, 0.29) is 0 Å².